The minimum atomic E-state index is -0.537. The topological polar surface area (TPSA) is 79.4 Å². The van der Waals surface area contributed by atoms with Crippen LogP contribution in [0.25, 0.3) is 0 Å². The number of benzene rings is 1. The first-order valence-electron chi connectivity index (χ1n) is 6.51. The number of hydrogen-bond acceptors (Lipinski definition) is 5. The summed E-state index contributed by atoms with van der Waals surface area (Å²) in [5, 5.41) is 4.33. The second kappa shape index (κ2) is 6.49. The van der Waals surface area contributed by atoms with Gasteiger partial charge in [-0.25, -0.2) is 4.79 Å². The first kappa shape index (κ1) is 15.2. The van der Waals surface area contributed by atoms with Gasteiger partial charge in [0.15, 0.2) is 11.5 Å². The largest absolute Gasteiger partial charge is 0.462 e. The van der Waals surface area contributed by atoms with Gasteiger partial charge in [0.25, 0.3) is 0 Å². The van der Waals surface area contributed by atoms with Crippen molar-refractivity contribution >= 4 is 23.3 Å². The van der Waals surface area contributed by atoms with Gasteiger partial charge < -0.3 is 15.2 Å². The highest BCUT2D eigenvalue weighted by molar-refractivity contribution is 6.33. The van der Waals surface area contributed by atoms with Crippen molar-refractivity contribution in [3.8, 4) is 11.5 Å². The lowest BCUT2D eigenvalue weighted by molar-refractivity contribution is 0.0523. The molecular formula is C14H16ClN3O3. The molecule has 0 fully saturated rings. The van der Waals surface area contributed by atoms with Crippen LogP contribution in [-0.4, -0.2) is 22.4 Å². The quantitative estimate of drug-likeness (QED) is 0.678. The van der Waals surface area contributed by atoms with Gasteiger partial charge in [0.1, 0.15) is 5.56 Å². The van der Waals surface area contributed by atoms with E-state index in [-0.39, 0.29) is 22.9 Å². The third kappa shape index (κ3) is 3.46. The van der Waals surface area contributed by atoms with E-state index in [1.165, 1.54) is 12.1 Å². The van der Waals surface area contributed by atoms with Gasteiger partial charge in [0.05, 0.1) is 24.0 Å². The molecule has 2 aromatic rings. The maximum Gasteiger partial charge on any atom is 0.342 e. The number of ether oxygens (including phenoxy) is 2. The van der Waals surface area contributed by atoms with E-state index in [1.54, 1.807) is 24.0 Å². The molecule has 2 N–H and O–H groups in total. The van der Waals surface area contributed by atoms with Crippen molar-refractivity contribution in [3.05, 3.63) is 35.1 Å². The first-order chi connectivity index (χ1) is 10.0. The van der Waals surface area contributed by atoms with Gasteiger partial charge in [-0.05, 0) is 26.0 Å². The summed E-state index contributed by atoms with van der Waals surface area (Å²) in [7, 11) is 0. The van der Waals surface area contributed by atoms with Crippen LogP contribution in [0.3, 0.4) is 0 Å². The molecule has 2 rings (SSSR count). The summed E-state index contributed by atoms with van der Waals surface area (Å²) in [6.45, 7) is 4.64. The van der Waals surface area contributed by atoms with E-state index in [1.807, 2.05) is 6.92 Å². The van der Waals surface area contributed by atoms with Crippen molar-refractivity contribution in [2.45, 2.75) is 20.4 Å². The van der Waals surface area contributed by atoms with E-state index >= 15 is 0 Å². The van der Waals surface area contributed by atoms with Crippen LogP contribution in [-0.2, 0) is 11.3 Å². The summed E-state index contributed by atoms with van der Waals surface area (Å²) in [6, 6.07) is 2.99. The Morgan fingerprint density at radius 3 is 2.81 bits per heavy atom. The minimum Gasteiger partial charge on any atom is -0.462 e. The molecule has 1 heterocycles. The van der Waals surface area contributed by atoms with Gasteiger partial charge >= 0.3 is 5.97 Å². The number of anilines is 1. The van der Waals surface area contributed by atoms with Gasteiger partial charge in [-0.1, -0.05) is 11.6 Å². The molecule has 0 unspecified atom stereocenters. The van der Waals surface area contributed by atoms with Crippen LogP contribution < -0.4 is 10.5 Å². The number of esters is 1. The number of nitrogens with two attached hydrogens (primary N) is 1. The number of hydrogen-bond donors (Lipinski definition) is 1. The number of nitrogens with zero attached hydrogens (tertiary/aromatic N) is 2. The molecule has 0 atom stereocenters. The van der Waals surface area contributed by atoms with Crippen LogP contribution >= 0.6 is 11.6 Å². The zero-order valence-corrected chi connectivity index (χ0v) is 12.6. The Kier molecular flexibility index (Phi) is 4.70. The Labute approximate surface area is 127 Å². The fourth-order valence-electron chi connectivity index (χ4n) is 1.77. The third-order valence-electron chi connectivity index (χ3n) is 2.71. The number of carbonyl (C=O) groups excluding carboxylic acids is 1. The zero-order valence-electron chi connectivity index (χ0n) is 11.8. The standard InChI is InChI=1S/C14H16ClN3O3/c1-3-18-8-10(7-17-18)21-13-11(14(19)20-4-2)5-9(16)6-12(13)15/h5-8H,3-4,16H2,1-2H3. The van der Waals surface area contributed by atoms with E-state index in [0.717, 1.165) is 0 Å². The van der Waals surface area contributed by atoms with Gasteiger partial charge in [0, 0.05) is 12.2 Å². The Bertz CT molecular complexity index is 655. The van der Waals surface area contributed by atoms with E-state index in [9.17, 15) is 4.79 Å². The van der Waals surface area contributed by atoms with Crippen molar-refractivity contribution in [2.75, 3.05) is 12.3 Å². The second-order valence-corrected chi connectivity index (χ2v) is 4.64. The van der Waals surface area contributed by atoms with Crippen LogP contribution in [0.5, 0.6) is 11.5 Å². The molecule has 1 aromatic heterocycles. The number of carbonyl (C=O) groups is 1. The van der Waals surface area contributed by atoms with Gasteiger partial charge in [-0.3, -0.25) is 4.68 Å². The van der Waals surface area contributed by atoms with Crippen molar-refractivity contribution in [2.24, 2.45) is 0 Å². The molecule has 0 aliphatic carbocycles. The summed E-state index contributed by atoms with van der Waals surface area (Å²) < 4.78 is 12.4. The molecule has 0 aliphatic heterocycles. The van der Waals surface area contributed by atoms with Crippen LogP contribution in [0.2, 0.25) is 5.02 Å². The minimum absolute atomic E-state index is 0.186. The van der Waals surface area contributed by atoms with E-state index in [4.69, 9.17) is 26.8 Å². The van der Waals surface area contributed by atoms with Crippen molar-refractivity contribution in [1.29, 1.82) is 0 Å². The van der Waals surface area contributed by atoms with Crippen LogP contribution in [0.15, 0.2) is 24.5 Å². The maximum atomic E-state index is 12.0. The molecular weight excluding hydrogens is 294 g/mol. The lowest BCUT2D eigenvalue weighted by atomic mass is 10.2. The molecule has 0 aliphatic rings. The number of rotatable bonds is 5. The Morgan fingerprint density at radius 2 is 2.19 bits per heavy atom. The fourth-order valence-corrected chi connectivity index (χ4v) is 2.03. The monoisotopic (exact) mass is 309 g/mol. The molecule has 7 heteroatoms. The van der Waals surface area contributed by atoms with Crippen LogP contribution in [0.4, 0.5) is 5.69 Å². The number of aromatic nitrogens is 2. The smallest absolute Gasteiger partial charge is 0.342 e. The van der Waals surface area contributed by atoms with Gasteiger partial charge in [0.2, 0.25) is 0 Å². The predicted octanol–water partition coefficient (Wildman–Crippen LogP) is 3.11. The first-order valence-corrected chi connectivity index (χ1v) is 6.89. The highest BCUT2D eigenvalue weighted by atomic mass is 35.5. The average Bonchev–Trinajstić information content (AvgIpc) is 2.89. The van der Waals surface area contributed by atoms with Crippen molar-refractivity contribution in [1.82, 2.24) is 9.78 Å². The van der Waals surface area contributed by atoms with E-state index in [0.29, 0.717) is 18.0 Å². The summed E-state index contributed by atoms with van der Waals surface area (Å²) in [5.41, 5.74) is 6.26. The van der Waals surface area contributed by atoms with E-state index < -0.39 is 5.97 Å². The Morgan fingerprint density at radius 1 is 1.43 bits per heavy atom. The molecule has 0 saturated heterocycles. The molecule has 0 amide bonds. The maximum absolute atomic E-state index is 12.0. The molecule has 1 aromatic carbocycles. The van der Waals surface area contributed by atoms with E-state index in [2.05, 4.69) is 5.10 Å². The molecule has 6 nitrogen and oxygen atoms in total. The Balaban J connectivity index is 2.38. The lowest BCUT2D eigenvalue weighted by Crippen LogP contribution is -2.07. The van der Waals surface area contributed by atoms with Crippen molar-refractivity contribution < 1.29 is 14.3 Å². The molecule has 0 bridgehead atoms. The van der Waals surface area contributed by atoms with Gasteiger partial charge in [-0.15, -0.1) is 0 Å². The molecule has 21 heavy (non-hydrogen) atoms. The second-order valence-electron chi connectivity index (χ2n) is 4.23. The fraction of sp³-hybridized carbons (Fsp3) is 0.286. The number of halogens is 1. The van der Waals surface area contributed by atoms with Crippen LogP contribution in [0, 0.1) is 0 Å². The summed E-state index contributed by atoms with van der Waals surface area (Å²) in [4.78, 5) is 12.0. The summed E-state index contributed by atoms with van der Waals surface area (Å²) >= 11 is 6.13. The highest BCUT2D eigenvalue weighted by Gasteiger charge is 2.19. The average molecular weight is 310 g/mol. The van der Waals surface area contributed by atoms with Gasteiger partial charge in [-0.2, -0.15) is 5.10 Å². The highest BCUT2D eigenvalue weighted by Crippen LogP contribution is 2.35. The normalized spacial score (nSPS) is 10.4. The molecule has 0 radical (unpaired) electrons. The lowest BCUT2D eigenvalue weighted by Gasteiger charge is -2.12. The SMILES string of the molecule is CCOC(=O)c1cc(N)cc(Cl)c1Oc1cnn(CC)c1. The van der Waals surface area contributed by atoms with Crippen LogP contribution in [0.1, 0.15) is 24.2 Å². The molecule has 112 valence electrons. The van der Waals surface area contributed by atoms with Crippen molar-refractivity contribution in [3.63, 3.8) is 0 Å². The summed E-state index contributed by atoms with van der Waals surface area (Å²) in [5.74, 6) is 0.152. The summed E-state index contributed by atoms with van der Waals surface area (Å²) in [6.07, 6.45) is 3.26. The Hall–Kier alpha value is -2.21. The zero-order chi connectivity index (χ0) is 15.4. The number of aryl methyl sites for hydroxylation is 1. The molecule has 0 spiro atoms. The molecule has 0 saturated carbocycles. The number of nitrogen functional groups attached to an aromatic ring is 1. The third-order valence-corrected chi connectivity index (χ3v) is 3.00. The predicted molar refractivity (Wildman–Crippen MR) is 79.8 cm³/mol.